The fourth-order valence-corrected chi connectivity index (χ4v) is 3.72. The minimum Gasteiger partial charge on any atom is -0.480 e. The van der Waals surface area contributed by atoms with E-state index in [0.29, 0.717) is 58.9 Å². The monoisotopic (exact) mass is 571 g/mol. The van der Waals surface area contributed by atoms with Gasteiger partial charge in [-0.05, 0) is 6.42 Å². The molecule has 12 nitrogen and oxygen atoms in total. The van der Waals surface area contributed by atoms with Gasteiger partial charge >= 0.3 is 17.9 Å². The third kappa shape index (κ3) is 13.8. The molecule has 1 saturated heterocycles. The van der Waals surface area contributed by atoms with Crippen LogP contribution >= 0.6 is 22.6 Å². The normalized spacial score (nSPS) is 18.4. The van der Waals surface area contributed by atoms with Crippen LogP contribution in [-0.2, 0) is 19.2 Å². The van der Waals surface area contributed by atoms with Crippen LogP contribution in [-0.4, -0.2) is 148 Å². The third-order valence-corrected chi connectivity index (χ3v) is 5.77. The zero-order valence-electron chi connectivity index (χ0n) is 18.2. The number of amides is 1. The smallest absolute Gasteiger partial charge is 0.317 e. The van der Waals surface area contributed by atoms with Gasteiger partial charge in [0.1, 0.15) is 0 Å². The zero-order chi connectivity index (χ0) is 23.9. The summed E-state index contributed by atoms with van der Waals surface area (Å²) in [5.74, 6) is -3.06. The number of nitrogens with zero attached hydrogens (tertiary/aromatic N) is 4. The molecule has 1 aliphatic rings. The molecule has 0 aromatic carbocycles. The van der Waals surface area contributed by atoms with Crippen LogP contribution < -0.4 is 5.32 Å². The average molecular weight is 571 g/mol. The lowest BCUT2D eigenvalue weighted by atomic mass is 10.3. The van der Waals surface area contributed by atoms with Gasteiger partial charge in [-0.1, -0.05) is 22.6 Å². The van der Waals surface area contributed by atoms with Gasteiger partial charge in [0, 0.05) is 63.3 Å². The van der Waals surface area contributed by atoms with E-state index in [0.717, 1.165) is 10.8 Å². The highest BCUT2D eigenvalue weighted by molar-refractivity contribution is 14.1. The summed E-state index contributed by atoms with van der Waals surface area (Å²) in [7, 11) is 0. The van der Waals surface area contributed by atoms with E-state index in [1.807, 2.05) is 4.90 Å². The molecule has 0 aromatic rings. The van der Waals surface area contributed by atoms with E-state index in [9.17, 15) is 34.5 Å². The lowest BCUT2D eigenvalue weighted by Crippen LogP contribution is -2.49. The summed E-state index contributed by atoms with van der Waals surface area (Å²) in [6, 6.07) is 0. The largest absolute Gasteiger partial charge is 0.480 e. The number of carboxylic acids is 3. The SMILES string of the molecule is O=C(O)CN1CCN(CC(=O)O)CCN(CC(=O)NCCCI)CCN(CC(=O)O)CC1. The lowest BCUT2D eigenvalue weighted by molar-refractivity contribution is -0.140. The molecule has 1 fully saturated rings. The molecular weight excluding hydrogens is 537 g/mol. The van der Waals surface area contributed by atoms with Gasteiger partial charge in [0.2, 0.25) is 5.91 Å². The Labute approximate surface area is 201 Å². The molecule has 0 saturated carbocycles. The Morgan fingerprint density at radius 3 is 1.22 bits per heavy atom. The molecule has 0 unspecified atom stereocenters. The van der Waals surface area contributed by atoms with E-state index in [1.54, 1.807) is 14.7 Å². The maximum atomic E-state index is 12.3. The van der Waals surface area contributed by atoms with Crippen LogP contribution in [0.5, 0.6) is 0 Å². The van der Waals surface area contributed by atoms with Crippen LogP contribution in [0.15, 0.2) is 0 Å². The van der Waals surface area contributed by atoms with Crippen molar-refractivity contribution in [2.24, 2.45) is 0 Å². The van der Waals surface area contributed by atoms with E-state index < -0.39 is 17.9 Å². The Kier molecular flexibility index (Phi) is 14.4. The molecule has 0 atom stereocenters. The fourth-order valence-electron chi connectivity index (χ4n) is 3.34. The Morgan fingerprint density at radius 1 is 0.625 bits per heavy atom. The maximum Gasteiger partial charge on any atom is 0.317 e. The van der Waals surface area contributed by atoms with Crippen molar-refractivity contribution >= 4 is 46.4 Å². The van der Waals surface area contributed by atoms with Gasteiger partial charge in [-0.15, -0.1) is 0 Å². The van der Waals surface area contributed by atoms with Gasteiger partial charge in [-0.3, -0.25) is 38.8 Å². The predicted octanol–water partition coefficient (Wildman–Crippen LogP) is -1.60. The summed E-state index contributed by atoms with van der Waals surface area (Å²) in [5, 5.41) is 30.5. The average Bonchev–Trinajstić information content (AvgIpc) is 2.69. The highest BCUT2D eigenvalue weighted by Gasteiger charge is 2.20. The first-order valence-electron chi connectivity index (χ1n) is 10.6. The number of rotatable bonds is 11. The van der Waals surface area contributed by atoms with Crippen molar-refractivity contribution < 1.29 is 34.5 Å². The first-order valence-corrected chi connectivity index (χ1v) is 12.1. The Bertz CT molecular complexity index is 593. The second kappa shape index (κ2) is 16.1. The number of halogens is 1. The Balaban J connectivity index is 2.89. The number of carbonyl (C=O) groups excluding carboxylic acids is 1. The van der Waals surface area contributed by atoms with E-state index in [-0.39, 0.29) is 32.1 Å². The number of carbonyl (C=O) groups is 4. The molecule has 1 aliphatic heterocycles. The van der Waals surface area contributed by atoms with Crippen LogP contribution in [0.2, 0.25) is 0 Å². The van der Waals surface area contributed by atoms with Crippen LogP contribution in [0.4, 0.5) is 0 Å². The minimum atomic E-state index is -0.994. The molecule has 13 heteroatoms. The summed E-state index contributed by atoms with van der Waals surface area (Å²) >= 11 is 2.24. The summed E-state index contributed by atoms with van der Waals surface area (Å²) < 4.78 is 0.939. The molecule has 4 N–H and O–H groups in total. The van der Waals surface area contributed by atoms with Gasteiger partial charge in [-0.2, -0.15) is 0 Å². The summed E-state index contributed by atoms with van der Waals surface area (Å²) in [5.41, 5.74) is 0. The molecule has 0 spiro atoms. The highest BCUT2D eigenvalue weighted by Crippen LogP contribution is 2.01. The summed E-state index contributed by atoms with van der Waals surface area (Å²) in [6.45, 7) is 3.24. The quantitative estimate of drug-likeness (QED) is 0.129. The van der Waals surface area contributed by atoms with E-state index in [2.05, 4.69) is 27.9 Å². The first-order chi connectivity index (χ1) is 15.2. The molecule has 32 heavy (non-hydrogen) atoms. The van der Waals surface area contributed by atoms with Crippen molar-refractivity contribution in [3.8, 4) is 0 Å². The van der Waals surface area contributed by atoms with Crippen molar-refractivity contribution in [1.29, 1.82) is 0 Å². The van der Waals surface area contributed by atoms with E-state index in [4.69, 9.17) is 0 Å². The number of aliphatic carboxylic acids is 3. The maximum absolute atomic E-state index is 12.3. The van der Waals surface area contributed by atoms with Gasteiger partial charge in [0.15, 0.2) is 0 Å². The van der Waals surface area contributed by atoms with Crippen molar-refractivity contribution in [2.45, 2.75) is 6.42 Å². The van der Waals surface area contributed by atoms with Crippen molar-refractivity contribution in [2.75, 3.05) is 89.5 Å². The second-order valence-corrected chi connectivity index (χ2v) is 8.76. The molecule has 0 aromatic heterocycles. The van der Waals surface area contributed by atoms with Crippen LogP contribution in [0.1, 0.15) is 6.42 Å². The molecule has 0 radical (unpaired) electrons. The number of alkyl halides is 1. The van der Waals surface area contributed by atoms with Crippen LogP contribution in [0, 0.1) is 0 Å². The second-order valence-electron chi connectivity index (χ2n) is 7.68. The number of nitrogens with one attached hydrogen (secondary N) is 1. The number of carboxylic acid groups (broad SMARTS) is 3. The summed E-state index contributed by atoms with van der Waals surface area (Å²) in [6.07, 6.45) is 0.873. The number of hydrogen-bond acceptors (Lipinski definition) is 8. The van der Waals surface area contributed by atoms with E-state index in [1.165, 1.54) is 0 Å². The van der Waals surface area contributed by atoms with Crippen LogP contribution in [0.3, 0.4) is 0 Å². The lowest BCUT2D eigenvalue weighted by Gasteiger charge is -2.32. The standard InChI is InChI=1S/C19H34IN5O7/c20-2-1-3-21-16(26)12-22-4-6-23(13-17(27)28)8-10-25(15-19(31)32)11-9-24(7-5-22)14-18(29)30/h1-15H2,(H,21,26)(H,27,28)(H,29,30)(H,31,32). The molecule has 184 valence electrons. The fraction of sp³-hybridized carbons (Fsp3) is 0.789. The summed E-state index contributed by atoms with van der Waals surface area (Å²) in [4.78, 5) is 53.1. The van der Waals surface area contributed by atoms with Crippen molar-refractivity contribution in [1.82, 2.24) is 24.9 Å². The number of hydrogen-bond donors (Lipinski definition) is 4. The molecular formula is C19H34IN5O7. The minimum absolute atomic E-state index is 0.121. The first kappa shape index (κ1) is 28.5. The predicted molar refractivity (Wildman–Crippen MR) is 125 cm³/mol. The van der Waals surface area contributed by atoms with Gasteiger partial charge < -0.3 is 20.6 Å². The molecule has 0 aliphatic carbocycles. The molecule has 1 heterocycles. The highest BCUT2D eigenvalue weighted by atomic mass is 127. The van der Waals surface area contributed by atoms with Crippen LogP contribution in [0.25, 0.3) is 0 Å². The topological polar surface area (TPSA) is 154 Å². The van der Waals surface area contributed by atoms with Gasteiger partial charge in [-0.25, -0.2) is 0 Å². The third-order valence-electron chi connectivity index (χ3n) is 5.01. The van der Waals surface area contributed by atoms with Crippen molar-refractivity contribution in [3.63, 3.8) is 0 Å². The van der Waals surface area contributed by atoms with Gasteiger partial charge in [0.05, 0.1) is 26.2 Å². The molecule has 0 bridgehead atoms. The van der Waals surface area contributed by atoms with E-state index >= 15 is 0 Å². The zero-order valence-corrected chi connectivity index (χ0v) is 20.4. The molecule has 1 rings (SSSR count). The van der Waals surface area contributed by atoms with Crippen molar-refractivity contribution in [3.05, 3.63) is 0 Å². The van der Waals surface area contributed by atoms with Gasteiger partial charge in [0.25, 0.3) is 0 Å². The Morgan fingerprint density at radius 2 is 0.938 bits per heavy atom. The Hall–Kier alpha value is -1.55. The molecule has 1 amide bonds.